The van der Waals surface area contributed by atoms with Crippen LogP contribution >= 0.6 is 45.8 Å². The number of alkyl halides is 1. The van der Waals surface area contributed by atoms with Gasteiger partial charge in [-0.05, 0) is 59.0 Å². The van der Waals surface area contributed by atoms with Crippen molar-refractivity contribution in [3.05, 3.63) is 56.6 Å². The lowest BCUT2D eigenvalue weighted by Crippen LogP contribution is -1.99. The minimum Gasteiger partial charge on any atom is -0.295 e. The molecule has 1 heterocycles. The van der Waals surface area contributed by atoms with Crippen LogP contribution in [0, 0.1) is 9.39 Å². The zero-order valence-electron chi connectivity index (χ0n) is 10.1. The SMILES string of the molecule is Fc1cc(-n2c(CCl)nc3cc(I)ccc32)ccc1Cl. The molecule has 0 bridgehead atoms. The first-order valence-electron chi connectivity index (χ1n) is 5.78. The molecule has 0 amide bonds. The van der Waals surface area contributed by atoms with Crippen LogP contribution in [0.3, 0.4) is 0 Å². The first-order chi connectivity index (χ1) is 9.60. The number of aromatic nitrogens is 2. The molecule has 20 heavy (non-hydrogen) atoms. The summed E-state index contributed by atoms with van der Waals surface area (Å²) in [6.45, 7) is 0. The molecule has 0 N–H and O–H groups in total. The Bertz CT molecular complexity index is 801. The zero-order chi connectivity index (χ0) is 14.3. The number of imidazole rings is 1. The first-order valence-corrected chi connectivity index (χ1v) is 7.77. The summed E-state index contributed by atoms with van der Waals surface area (Å²) in [5.74, 6) is 0.456. The summed E-state index contributed by atoms with van der Waals surface area (Å²) in [6.07, 6.45) is 0. The van der Waals surface area contributed by atoms with Gasteiger partial charge in [0.05, 0.1) is 27.6 Å². The fraction of sp³-hybridized carbons (Fsp3) is 0.0714. The lowest BCUT2D eigenvalue weighted by Gasteiger charge is -2.08. The summed E-state index contributed by atoms with van der Waals surface area (Å²) < 4.78 is 16.6. The van der Waals surface area contributed by atoms with Crippen LogP contribution in [0.4, 0.5) is 4.39 Å². The predicted octanol–water partition coefficient (Wildman–Crippen LogP) is 5.16. The van der Waals surface area contributed by atoms with Gasteiger partial charge in [-0.15, -0.1) is 11.6 Å². The molecule has 0 aliphatic heterocycles. The van der Waals surface area contributed by atoms with Crippen molar-refractivity contribution in [1.29, 1.82) is 0 Å². The molecule has 0 radical (unpaired) electrons. The van der Waals surface area contributed by atoms with Crippen LogP contribution in [0.15, 0.2) is 36.4 Å². The zero-order valence-corrected chi connectivity index (χ0v) is 13.7. The van der Waals surface area contributed by atoms with Crippen molar-refractivity contribution >= 4 is 56.8 Å². The number of halogens is 4. The van der Waals surface area contributed by atoms with E-state index in [-0.39, 0.29) is 10.9 Å². The van der Waals surface area contributed by atoms with E-state index in [1.165, 1.54) is 12.1 Å². The topological polar surface area (TPSA) is 17.8 Å². The van der Waals surface area contributed by atoms with Crippen LogP contribution < -0.4 is 0 Å². The minimum absolute atomic E-state index is 0.0974. The van der Waals surface area contributed by atoms with Crippen LogP contribution in [-0.4, -0.2) is 9.55 Å². The summed E-state index contributed by atoms with van der Waals surface area (Å²) in [5, 5.41) is 0.0974. The Kier molecular flexibility index (Phi) is 3.88. The van der Waals surface area contributed by atoms with Crippen molar-refractivity contribution < 1.29 is 4.39 Å². The molecule has 0 unspecified atom stereocenters. The fourth-order valence-corrected chi connectivity index (χ4v) is 2.88. The third kappa shape index (κ3) is 2.40. The van der Waals surface area contributed by atoms with Crippen molar-refractivity contribution in [2.45, 2.75) is 5.88 Å². The number of fused-ring (bicyclic) bond motifs is 1. The highest BCUT2D eigenvalue weighted by molar-refractivity contribution is 14.1. The summed E-state index contributed by atoms with van der Waals surface area (Å²) in [7, 11) is 0. The molecule has 102 valence electrons. The molecule has 1 aromatic heterocycles. The van der Waals surface area contributed by atoms with Gasteiger partial charge in [0, 0.05) is 3.57 Å². The molecule has 2 nitrogen and oxygen atoms in total. The molecule has 0 atom stereocenters. The molecule has 0 saturated heterocycles. The number of benzene rings is 2. The van der Waals surface area contributed by atoms with E-state index in [0.29, 0.717) is 11.5 Å². The van der Waals surface area contributed by atoms with E-state index < -0.39 is 5.82 Å². The average Bonchev–Trinajstić information content (AvgIpc) is 2.79. The maximum Gasteiger partial charge on any atom is 0.143 e. The molecule has 0 aliphatic carbocycles. The van der Waals surface area contributed by atoms with Crippen molar-refractivity contribution in [1.82, 2.24) is 9.55 Å². The molecule has 2 aromatic carbocycles. The highest BCUT2D eigenvalue weighted by Crippen LogP contribution is 2.26. The standard InChI is InChI=1S/C14H8Cl2FIN2/c15-7-14-19-12-5-8(18)1-4-13(12)20(14)9-2-3-10(16)11(17)6-9/h1-6H,7H2. The second-order valence-electron chi connectivity index (χ2n) is 4.23. The Balaban J connectivity index is 2.30. The monoisotopic (exact) mass is 420 g/mol. The van der Waals surface area contributed by atoms with Gasteiger partial charge in [0.15, 0.2) is 0 Å². The summed E-state index contributed by atoms with van der Waals surface area (Å²) in [5.41, 5.74) is 2.39. The van der Waals surface area contributed by atoms with Crippen LogP contribution in [0.2, 0.25) is 5.02 Å². The van der Waals surface area contributed by atoms with Crippen molar-refractivity contribution in [2.75, 3.05) is 0 Å². The van der Waals surface area contributed by atoms with E-state index in [4.69, 9.17) is 23.2 Å². The van der Waals surface area contributed by atoms with E-state index in [2.05, 4.69) is 27.6 Å². The largest absolute Gasteiger partial charge is 0.295 e. The highest BCUT2D eigenvalue weighted by atomic mass is 127. The van der Waals surface area contributed by atoms with Gasteiger partial charge in [-0.1, -0.05) is 11.6 Å². The Morgan fingerprint density at radius 1 is 1.20 bits per heavy atom. The number of hydrogen-bond acceptors (Lipinski definition) is 1. The highest BCUT2D eigenvalue weighted by Gasteiger charge is 2.13. The first kappa shape index (κ1) is 14.1. The van der Waals surface area contributed by atoms with Crippen molar-refractivity contribution in [3.8, 4) is 5.69 Å². The van der Waals surface area contributed by atoms with Gasteiger partial charge in [0.25, 0.3) is 0 Å². The molecule has 3 rings (SSSR count). The molecule has 0 saturated carbocycles. The Morgan fingerprint density at radius 3 is 2.70 bits per heavy atom. The number of hydrogen-bond donors (Lipinski definition) is 0. The Morgan fingerprint density at radius 2 is 2.00 bits per heavy atom. The predicted molar refractivity (Wildman–Crippen MR) is 88.3 cm³/mol. The molecule has 0 aliphatic rings. The summed E-state index contributed by atoms with van der Waals surface area (Å²) >= 11 is 13.9. The van der Waals surface area contributed by atoms with Gasteiger partial charge >= 0.3 is 0 Å². The van der Waals surface area contributed by atoms with Crippen molar-refractivity contribution in [2.24, 2.45) is 0 Å². The quantitative estimate of drug-likeness (QED) is 0.413. The summed E-state index contributed by atoms with van der Waals surface area (Å²) in [4.78, 5) is 4.49. The molecule has 3 aromatic rings. The van der Waals surface area contributed by atoms with Crippen LogP contribution in [0.1, 0.15) is 5.82 Å². The van der Waals surface area contributed by atoms with Gasteiger partial charge in [-0.25, -0.2) is 9.37 Å². The maximum absolute atomic E-state index is 13.7. The second kappa shape index (κ2) is 5.50. The molecule has 0 spiro atoms. The smallest absolute Gasteiger partial charge is 0.143 e. The van der Waals surface area contributed by atoms with Gasteiger partial charge in [-0.2, -0.15) is 0 Å². The third-order valence-electron chi connectivity index (χ3n) is 2.97. The minimum atomic E-state index is -0.461. The lowest BCUT2D eigenvalue weighted by atomic mass is 10.2. The summed E-state index contributed by atoms with van der Waals surface area (Å²) in [6, 6.07) is 10.6. The average molecular weight is 421 g/mol. The number of rotatable bonds is 2. The van der Waals surface area contributed by atoms with Gasteiger partial charge in [0.1, 0.15) is 11.6 Å². The van der Waals surface area contributed by atoms with Gasteiger partial charge in [0.2, 0.25) is 0 Å². The second-order valence-corrected chi connectivity index (χ2v) is 6.15. The van der Waals surface area contributed by atoms with Crippen LogP contribution in [0.25, 0.3) is 16.7 Å². The maximum atomic E-state index is 13.7. The van der Waals surface area contributed by atoms with E-state index >= 15 is 0 Å². The van der Waals surface area contributed by atoms with Crippen LogP contribution in [-0.2, 0) is 5.88 Å². The van der Waals surface area contributed by atoms with Crippen molar-refractivity contribution in [3.63, 3.8) is 0 Å². The van der Waals surface area contributed by atoms with E-state index in [9.17, 15) is 4.39 Å². The molecular weight excluding hydrogens is 413 g/mol. The van der Waals surface area contributed by atoms with E-state index in [0.717, 1.165) is 14.6 Å². The van der Waals surface area contributed by atoms with Gasteiger partial charge < -0.3 is 0 Å². The lowest BCUT2D eigenvalue weighted by molar-refractivity contribution is 0.627. The Hall–Kier alpha value is -0.850. The molecule has 6 heteroatoms. The third-order valence-corrected chi connectivity index (χ3v) is 4.18. The van der Waals surface area contributed by atoms with Gasteiger partial charge in [-0.3, -0.25) is 4.57 Å². The van der Waals surface area contributed by atoms with E-state index in [1.807, 2.05) is 22.8 Å². The van der Waals surface area contributed by atoms with E-state index in [1.54, 1.807) is 6.07 Å². The Labute approximate surface area is 138 Å². The normalized spacial score (nSPS) is 11.2. The van der Waals surface area contributed by atoms with Crippen LogP contribution in [0.5, 0.6) is 0 Å². The molecular formula is C14H8Cl2FIN2. The molecule has 0 fully saturated rings. The fourth-order valence-electron chi connectivity index (χ4n) is 2.11. The number of nitrogens with zero attached hydrogens (tertiary/aromatic N) is 2.